The van der Waals surface area contributed by atoms with Crippen molar-refractivity contribution in [2.24, 2.45) is 0 Å². The van der Waals surface area contributed by atoms with Crippen LogP contribution in [-0.2, 0) is 9.53 Å². The molecule has 3 rings (SSSR count). The molecule has 0 saturated heterocycles. The van der Waals surface area contributed by atoms with E-state index in [-0.39, 0.29) is 5.91 Å². The Morgan fingerprint density at radius 3 is 2.44 bits per heavy atom. The van der Waals surface area contributed by atoms with E-state index >= 15 is 0 Å². The van der Waals surface area contributed by atoms with Crippen molar-refractivity contribution in [2.45, 2.75) is 20.0 Å². The predicted molar refractivity (Wildman–Crippen MR) is 101 cm³/mol. The first kappa shape index (κ1) is 17.2. The molecule has 0 aliphatic rings. The van der Waals surface area contributed by atoms with Crippen molar-refractivity contribution in [3.8, 4) is 0 Å². The molecule has 0 aliphatic heterocycles. The van der Waals surface area contributed by atoms with Crippen molar-refractivity contribution in [3.63, 3.8) is 0 Å². The van der Waals surface area contributed by atoms with Gasteiger partial charge in [-0.15, -0.1) is 11.3 Å². The molecule has 0 saturated carbocycles. The number of esters is 1. The van der Waals surface area contributed by atoms with E-state index in [0.29, 0.717) is 11.4 Å². The van der Waals surface area contributed by atoms with Crippen molar-refractivity contribution in [1.82, 2.24) is 0 Å². The number of amides is 1. The minimum Gasteiger partial charge on any atom is -0.448 e. The largest absolute Gasteiger partial charge is 0.448 e. The smallest absolute Gasteiger partial charge is 0.349 e. The number of benzene rings is 2. The SMILES string of the molecule is CCN(C(=O)[C@H](C)OC(=O)c1cc2ccccc2s1)c1ccccc1. The highest BCUT2D eigenvalue weighted by Crippen LogP contribution is 2.26. The number of likely N-dealkylation sites (N-methyl/N-ethyl adjacent to an activating group) is 1. The van der Waals surface area contributed by atoms with Gasteiger partial charge in [-0.1, -0.05) is 36.4 Å². The second-order valence-electron chi connectivity index (χ2n) is 5.61. The Labute approximate surface area is 150 Å². The molecule has 1 heterocycles. The zero-order valence-electron chi connectivity index (χ0n) is 14.1. The third kappa shape index (κ3) is 3.72. The summed E-state index contributed by atoms with van der Waals surface area (Å²) in [7, 11) is 0. The topological polar surface area (TPSA) is 46.6 Å². The Hall–Kier alpha value is -2.66. The van der Waals surface area contributed by atoms with Crippen LogP contribution in [-0.4, -0.2) is 24.5 Å². The number of nitrogens with zero attached hydrogens (tertiary/aromatic N) is 1. The number of carbonyl (C=O) groups excluding carboxylic acids is 2. The number of hydrogen-bond acceptors (Lipinski definition) is 4. The summed E-state index contributed by atoms with van der Waals surface area (Å²) in [5, 5.41) is 0.998. The van der Waals surface area contributed by atoms with Gasteiger partial charge in [0.25, 0.3) is 5.91 Å². The van der Waals surface area contributed by atoms with Gasteiger partial charge in [-0.25, -0.2) is 4.79 Å². The first-order valence-corrected chi connectivity index (χ1v) is 8.97. The van der Waals surface area contributed by atoms with Gasteiger partial charge >= 0.3 is 5.97 Å². The average Bonchev–Trinajstić information content (AvgIpc) is 3.07. The van der Waals surface area contributed by atoms with Crippen LogP contribution >= 0.6 is 11.3 Å². The Kier molecular flexibility index (Phi) is 5.14. The summed E-state index contributed by atoms with van der Waals surface area (Å²) in [4.78, 5) is 27.2. The van der Waals surface area contributed by atoms with E-state index < -0.39 is 12.1 Å². The van der Waals surface area contributed by atoms with Gasteiger partial charge in [0.15, 0.2) is 6.10 Å². The summed E-state index contributed by atoms with van der Waals surface area (Å²) < 4.78 is 6.43. The van der Waals surface area contributed by atoms with Crippen LogP contribution < -0.4 is 4.90 Å². The van der Waals surface area contributed by atoms with Crippen LogP contribution in [0.4, 0.5) is 5.69 Å². The molecule has 0 aliphatic carbocycles. The predicted octanol–water partition coefficient (Wildman–Crippen LogP) is 4.50. The second-order valence-corrected chi connectivity index (χ2v) is 6.70. The maximum absolute atomic E-state index is 12.7. The Bertz CT molecular complexity index is 855. The molecule has 0 bridgehead atoms. The molecule has 25 heavy (non-hydrogen) atoms. The summed E-state index contributed by atoms with van der Waals surface area (Å²) in [5.74, 6) is -0.700. The standard InChI is InChI=1S/C20H19NO3S/c1-3-21(16-10-5-4-6-11-16)19(22)14(2)24-20(23)18-13-15-9-7-8-12-17(15)25-18/h4-14H,3H2,1-2H3/t14-/m0/s1. The highest BCUT2D eigenvalue weighted by Gasteiger charge is 2.25. The first-order chi connectivity index (χ1) is 12.1. The molecule has 0 N–H and O–H groups in total. The number of anilines is 1. The fraction of sp³-hybridized carbons (Fsp3) is 0.200. The number of rotatable bonds is 5. The maximum atomic E-state index is 12.7. The molecule has 4 nitrogen and oxygen atoms in total. The number of ether oxygens (including phenoxy) is 1. The summed E-state index contributed by atoms with van der Waals surface area (Å²) in [6.07, 6.45) is -0.849. The van der Waals surface area contributed by atoms with E-state index in [9.17, 15) is 9.59 Å². The zero-order chi connectivity index (χ0) is 17.8. The fourth-order valence-electron chi connectivity index (χ4n) is 2.64. The van der Waals surface area contributed by atoms with Gasteiger partial charge in [0.1, 0.15) is 4.88 Å². The monoisotopic (exact) mass is 353 g/mol. The lowest BCUT2D eigenvalue weighted by Gasteiger charge is -2.24. The lowest BCUT2D eigenvalue weighted by atomic mass is 10.2. The molecule has 5 heteroatoms. The van der Waals surface area contributed by atoms with Gasteiger partial charge in [-0.3, -0.25) is 4.79 Å². The molecular formula is C20H19NO3S. The molecule has 128 valence electrons. The summed E-state index contributed by atoms with van der Waals surface area (Å²) in [6, 6.07) is 18.9. The lowest BCUT2D eigenvalue weighted by Crippen LogP contribution is -2.40. The average molecular weight is 353 g/mol. The molecule has 1 amide bonds. The van der Waals surface area contributed by atoms with Crippen molar-refractivity contribution < 1.29 is 14.3 Å². The molecule has 0 spiro atoms. The van der Waals surface area contributed by atoms with Gasteiger partial charge in [0.2, 0.25) is 0 Å². The van der Waals surface area contributed by atoms with Crippen LogP contribution in [0.2, 0.25) is 0 Å². The molecule has 0 radical (unpaired) electrons. The molecule has 3 aromatic rings. The van der Waals surface area contributed by atoms with Crippen LogP contribution in [0.5, 0.6) is 0 Å². The minimum absolute atomic E-state index is 0.233. The van der Waals surface area contributed by atoms with Gasteiger partial charge < -0.3 is 9.64 Å². The van der Waals surface area contributed by atoms with E-state index in [2.05, 4.69) is 0 Å². The lowest BCUT2D eigenvalue weighted by molar-refractivity contribution is -0.126. The van der Waals surface area contributed by atoms with Gasteiger partial charge in [-0.05, 0) is 43.5 Å². The van der Waals surface area contributed by atoms with Crippen molar-refractivity contribution >= 4 is 39.0 Å². The van der Waals surface area contributed by atoms with Crippen LogP contribution in [0.3, 0.4) is 0 Å². The van der Waals surface area contributed by atoms with Crippen LogP contribution in [0, 0.1) is 0 Å². The fourth-order valence-corrected chi connectivity index (χ4v) is 3.59. The van der Waals surface area contributed by atoms with Gasteiger partial charge in [0.05, 0.1) is 0 Å². The second kappa shape index (κ2) is 7.49. The molecule has 1 atom stereocenters. The molecular weight excluding hydrogens is 334 g/mol. The highest BCUT2D eigenvalue weighted by atomic mass is 32.1. The van der Waals surface area contributed by atoms with Crippen molar-refractivity contribution in [1.29, 1.82) is 0 Å². The van der Waals surface area contributed by atoms with E-state index in [1.54, 1.807) is 17.9 Å². The summed E-state index contributed by atoms with van der Waals surface area (Å²) in [6.45, 7) is 4.01. The van der Waals surface area contributed by atoms with Crippen LogP contribution in [0.25, 0.3) is 10.1 Å². The van der Waals surface area contributed by atoms with Gasteiger partial charge in [-0.2, -0.15) is 0 Å². The highest BCUT2D eigenvalue weighted by molar-refractivity contribution is 7.20. The van der Waals surface area contributed by atoms with Crippen LogP contribution in [0.1, 0.15) is 23.5 Å². The van der Waals surface area contributed by atoms with E-state index in [4.69, 9.17) is 4.74 Å². The minimum atomic E-state index is -0.849. The molecule has 1 aromatic heterocycles. The summed E-state index contributed by atoms with van der Waals surface area (Å²) in [5.41, 5.74) is 0.791. The maximum Gasteiger partial charge on any atom is 0.349 e. The van der Waals surface area contributed by atoms with E-state index in [1.165, 1.54) is 11.3 Å². The number of para-hydroxylation sites is 1. The third-order valence-electron chi connectivity index (χ3n) is 3.91. The van der Waals surface area contributed by atoms with E-state index in [1.807, 2.05) is 61.5 Å². The number of carbonyl (C=O) groups is 2. The number of hydrogen-bond donors (Lipinski definition) is 0. The summed E-state index contributed by atoms with van der Waals surface area (Å²) >= 11 is 1.37. The quantitative estimate of drug-likeness (QED) is 0.635. The zero-order valence-corrected chi connectivity index (χ0v) is 15.0. The Morgan fingerprint density at radius 2 is 1.76 bits per heavy atom. The van der Waals surface area contributed by atoms with E-state index in [0.717, 1.165) is 15.8 Å². The Morgan fingerprint density at radius 1 is 1.08 bits per heavy atom. The number of fused-ring (bicyclic) bond motifs is 1. The molecule has 2 aromatic carbocycles. The third-order valence-corrected chi connectivity index (χ3v) is 5.00. The van der Waals surface area contributed by atoms with Crippen LogP contribution in [0.15, 0.2) is 60.7 Å². The van der Waals surface area contributed by atoms with Crippen molar-refractivity contribution in [2.75, 3.05) is 11.4 Å². The number of thiophene rings is 1. The van der Waals surface area contributed by atoms with Crippen molar-refractivity contribution in [3.05, 3.63) is 65.5 Å². The molecule has 0 fully saturated rings. The Balaban J connectivity index is 1.73. The first-order valence-electron chi connectivity index (χ1n) is 8.16. The normalized spacial score (nSPS) is 11.9. The van der Waals surface area contributed by atoms with Gasteiger partial charge in [0, 0.05) is 16.9 Å². The molecule has 0 unspecified atom stereocenters.